The first-order valence-corrected chi connectivity index (χ1v) is 16.9. The second-order valence-electron chi connectivity index (χ2n) is 13.9. The van der Waals surface area contributed by atoms with E-state index in [1.54, 1.807) is 33.9 Å². The Labute approximate surface area is 274 Å². The van der Waals surface area contributed by atoms with Gasteiger partial charge >= 0.3 is 6.09 Å². The molecule has 3 atom stereocenters. The van der Waals surface area contributed by atoms with Crippen LogP contribution < -0.4 is 15.0 Å². The summed E-state index contributed by atoms with van der Waals surface area (Å²) in [6.45, 7) is 15.4. The van der Waals surface area contributed by atoms with Crippen LogP contribution >= 0.6 is 0 Å². The Morgan fingerprint density at radius 2 is 1.78 bits per heavy atom. The van der Waals surface area contributed by atoms with Gasteiger partial charge in [-0.25, -0.2) is 9.18 Å². The van der Waals surface area contributed by atoms with Crippen molar-refractivity contribution < 1.29 is 37.7 Å². The lowest BCUT2D eigenvalue weighted by atomic mass is 9.87. The van der Waals surface area contributed by atoms with Crippen LogP contribution in [0.2, 0.25) is 0 Å². The third kappa shape index (κ3) is 11.1. The number of carbonyl (C=O) groups is 3. The minimum Gasteiger partial charge on any atom is -0.493 e. The number of carbonyl (C=O) groups excluding carboxylic acids is 3. The Kier molecular flexibility index (Phi) is 14.1. The zero-order valence-electron chi connectivity index (χ0n) is 29.2. The van der Waals surface area contributed by atoms with Gasteiger partial charge in [-0.3, -0.25) is 9.59 Å². The van der Waals surface area contributed by atoms with Crippen LogP contribution in [0.1, 0.15) is 86.1 Å². The smallest absolute Gasteiger partial charge is 0.410 e. The van der Waals surface area contributed by atoms with Gasteiger partial charge in [-0.15, -0.1) is 0 Å². The molecule has 1 aromatic rings. The van der Waals surface area contributed by atoms with Crippen molar-refractivity contribution in [1.29, 1.82) is 0 Å². The standard InChI is InChI=1S/C35H56FN3O7/c1-9-24-18-29(36)30(19-31(24)45-15-11-14-43-8)39(28-12-13-28)33(41)26-17-25(20-38(21-26)34(42)46-35(5,6)7)32(40)37-27(16-23(3)4)22-44-10-2/h18-19,23,25-28H,9-17,20-22H2,1-8H3,(H,37,40)/t25-,26+,27+/m0/s1. The Morgan fingerprint density at radius 3 is 2.37 bits per heavy atom. The number of nitrogens with one attached hydrogen (secondary N) is 1. The van der Waals surface area contributed by atoms with Crippen LogP contribution in [-0.2, 0) is 30.2 Å². The van der Waals surface area contributed by atoms with E-state index in [1.165, 1.54) is 15.9 Å². The van der Waals surface area contributed by atoms with E-state index in [0.717, 1.165) is 24.8 Å². The number of benzene rings is 1. The molecule has 1 N–H and O–H groups in total. The minimum absolute atomic E-state index is 0.0736. The lowest BCUT2D eigenvalue weighted by molar-refractivity contribution is -0.131. The Bertz CT molecular complexity index is 1170. The molecule has 2 fully saturated rings. The molecule has 1 saturated heterocycles. The number of amides is 3. The lowest BCUT2D eigenvalue weighted by Crippen LogP contribution is -2.55. The van der Waals surface area contributed by atoms with Crippen molar-refractivity contribution in [3.63, 3.8) is 0 Å². The van der Waals surface area contributed by atoms with Gasteiger partial charge < -0.3 is 34.1 Å². The van der Waals surface area contributed by atoms with Gasteiger partial charge in [0.15, 0.2) is 0 Å². The number of aryl methyl sites for hydroxylation is 1. The Morgan fingerprint density at radius 1 is 1.09 bits per heavy atom. The van der Waals surface area contributed by atoms with E-state index >= 15 is 4.39 Å². The van der Waals surface area contributed by atoms with Crippen molar-refractivity contribution in [2.75, 3.05) is 51.5 Å². The number of rotatable bonds is 16. The van der Waals surface area contributed by atoms with Crippen molar-refractivity contribution in [3.05, 3.63) is 23.5 Å². The van der Waals surface area contributed by atoms with E-state index in [2.05, 4.69) is 19.2 Å². The first kappa shape index (κ1) is 37.5. The van der Waals surface area contributed by atoms with Gasteiger partial charge in [0.05, 0.1) is 36.8 Å². The molecular weight excluding hydrogens is 593 g/mol. The fourth-order valence-corrected chi connectivity index (χ4v) is 5.85. The summed E-state index contributed by atoms with van der Waals surface area (Å²) in [6.07, 6.45) is 3.10. The molecule has 0 spiro atoms. The zero-order valence-corrected chi connectivity index (χ0v) is 29.2. The van der Waals surface area contributed by atoms with Crippen LogP contribution in [-0.4, -0.2) is 87.1 Å². The molecular formula is C35H56FN3O7. The van der Waals surface area contributed by atoms with Gasteiger partial charge in [0.2, 0.25) is 11.8 Å². The third-order valence-corrected chi connectivity index (χ3v) is 8.12. The van der Waals surface area contributed by atoms with Gasteiger partial charge in [0.1, 0.15) is 17.2 Å². The summed E-state index contributed by atoms with van der Waals surface area (Å²) < 4.78 is 38.2. The number of ether oxygens (including phenoxy) is 4. The fourth-order valence-electron chi connectivity index (χ4n) is 5.85. The lowest BCUT2D eigenvalue weighted by Gasteiger charge is -2.39. The molecule has 3 rings (SSSR count). The summed E-state index contributed by atoms with van der Waals surface area (Å²) in [4.78, 5) is 44.4. The van der Waals surface area contributed by atoms with Crippen molar-refractivity contribution in [3.8, 4) is 5.75 Å². The van der Waals surface area contributed by atoms with Crippen LogP contribution in [0.3, 0.4) is 0 Å². The second kappa shape index (κ2) is 17.3. The minimum atomic E-state index is -0.754. The molecule has 11 heteroatoms. The van der Waals surface area contributed by atoms with Gasteiger partial charge in [0.25, 0.3) is 0 Å². The zero-order chi connectivity index (χ0) is 34.0. The van der Waals surface area contributed by atoms with E-state index < -0.39 is 29.3 Å². The fraction of sp³-hybridized carbons (Fsp3) is 0.743. The van der Waals surface area contributed by atoms with Crippen molar-refractivity contribution in [2.45, 2.75) is 105 Å². The summed E-state index contributed by atoms with van der Waals surface area (Å²) in [6, 6.07) is 2.71. The number of hydrogen-bond acceptors (Lipinski definition) is 7. The Hall–Kier alpha value is -2.92. The first-order valence-electron chi connectivity index (χ1n) is 16.9. The SMILES string of the molecule is CCOC[C@@H](CC(C)C)NC(=O)[C@H]1C[C@@H](C(=O)N(c2cc(OCCCOC)c(CC)cc2F)C2CC2)CN(C(=O)OC(C)(C)C)C1. The quantitative estimate of drug-likeness (QED) is 0.228. The van der Waals surface area contributed by atoms with Crippen LogP contribution in [0.15, 0.2) is 12.1 Å². The number of methoxy groups -OCH3 is 1. The number of nitrogens with zero attached hydrogens (tertiary/aromatic N) is 2. The number of piperidine rings is 1. The highest BCUT2D eigenvalue weighted by Crippen LogP contribution is 2.39. The van der Waals surface area contributed by atoms with Crippen molar-refractivity contribution in [2.24, 2.45) is 17.8 Å². The van der Waals surface area contributed by atoms with Crippen LogP contribution in [0.25, 0.3) is 0 Å². The predicted octanol–water partition coefficient (Wildman–Crippen LogP) is 5.74. The molecule has 0 aromatic heterocycles. The van der Waals surface area contributed by atoms with E-state index in [-0.39, 0.29) is 49.1 Å². The number of likely N-dealkylation sites (tertiary alicyclic amines) is 1. The maximum Gasteiger partial charge on any atom is 0.410 e. The summed E-state index contributed by atoms with van der Waals surface area (Å²) in [5.41, 5.74) is 0.126. The summed E-state index contributed by atoms with van der Waals surface area (Å²) >= 11 is 0. The maximum atomic E-state index is 15.7. The van der Waals surface area contributed by atoms with Gasteiger partial charge in [-0.1, -0.05) is 20.8 Å². The monoisotopic (exact) mass is 649 g/mol. The normalized spacial score (nSPS) is 19.1. The average molecular weight is 650 g/mol. The molecule has 0 unspecified atom stereocenters. The number of anilines is 1. The predicted molar refractivity (Wildman–Crippen MR) is 176 cm³/mol. The largest absolute Gasteiger partial charge is 0.493 e. The van der Waals surface area contributed by atoms with Gasteiger partial charge in [-0.2, -0.15) is 0 Å². The van der Waals surface area contributed by atoms with Gasteiger partial charge in [0, 0.05) is 51.9 Å². The molecule has 2 aliphatic rings. The average Bonchev–Trinajstić information content (AvgIpc) is 3.83. The van der Waals surface area contributed by atoms with Crippen LogP contribution in [0, 0.1) is 23.6 Å². The van der Waals surface area contributed by atoms with Crippen LogP contribution in [0.5, 0.6) is 5.75 Å². The highest BCUT2D eigenvalue weighted by molar-refractivity contribution is 5.97. The van der Waals surface area contributed by atoms with Gasteiger partial charge in [-0.05, 0) is 77.3 Å². The molecule has 3 amide bonds. The van der Waals surface area contributed by atoms with E-state index in [9.17, 15) is 14.4 Å². The molecule has 0 bridgehead atoms. The molecule has 1 saturated carbocycles. The van der Waals surface area contributed by atoms with E-state index in [1.807, 2.05) is 13.8 Å². The first-order chi connectivity index (χ1) is 21.8. The molecule has 1 aliphatic heterocycles. The van der Waals surface area contributed by atoms with E-state index in [4.69, 9.17) is 18.9 Å². The highest BCUT2D eigenvalue weighted by atomic mass is 19.1. The Balaban J connectivity index is 1.92. The molecule has 260 valence electrons. The van der Waals surface area contributed by atoms with E-state index in [0.29, 0.717) is 50.9 Å². The van der Waals surface area contributed by atoms with Crippen LogP contribution in [0.4, 0.5) is 14.9 Å². The molecule has 10 nitrogen and oxygen atoms in total. The molecule has 46 heavy (non-hydrogen) atoms. The summed E-state index contributed by atoms with van der Waals surface area (Å²) in [5.74, 6) is -1.56. The van der Waals surface area contributed by atoms with Crippen molar-refractivity contribution in [1.82, 2.24) is 10.2 Å². The second-order valence-corrected chi connectivity index (χ2v) is 13.9. The highest BCUT2D eigenvalue weighted by Gasteiger charge is 2.44. The maximum absolute atomic E-state index is 15.7. The third-order valence-electron chi connectivity index (χ3n) is 8.12. The number of halogens is 1. The molecule has 1 heterocycles. The molecule has 1 aliphatic carbocycles. The summed E-state index contributed by atoms with van der Waals surface area (Å²) in [5, 5.41) is 3.12. The molecule has 0 radical (unpaired) electrons. The van der Waals surface area contributed by atoms with Crippen molar-refractivity contribution >= 4 is 23.6 Å². The number of hydrogen-bond donors (Lipinski definition) is 1. The summed E-state index contributed by atoms with van der Waals surface area (Å²) in [7, 11) is 1.63. The topological polar surface area (TPSA) is 107 Å². The molecule has 1 aromatic carbocycles.